The molecule has 0 amide bonds. The van der Waals surface area contributed by atoms with E-state index in [-0.39, 0.29) is 6.10 Å². The van der Waals surface area contributed by atoms with Crippen LogP contribution in [-0.2, 0) is 4.74 Å². The highest BCUT2D eigenvalue weighted by Crippen LogP contribution is 2.21. The van der Waals surface area contributed by atoms with Crippen LogP contribution in [0.4, 0.5) is 5.69 Å². The van der Waals surface area contributed by atoms with Crippen LogP contribution in [0.3, 0.4) is 0 Å². The molecule has 0 radical (unpaired) electrons. The lowest BCUT2D eigenvalue weighted by Crippen LogP contribution is -3.16. The summed E-state index contributed by atoms with van der Waals surface area (Å²) in [5, 5.41) is 10.5. The molecule has 2 N–H and O–H groups in total. The van der Waals surface area contributed by atoms with Gasteiger partial charge in [0, 0.05) is 5.69 Å². The molecule has 152 valence electrons. The zero-order valence-corrected chi connectivity index (χ0v) is 17.0. The van der Waals surface area contributed by atoms with Crippen molar-refractivity contribution in [2.75, 3.05) is 51.3 Å². The largest absolute Gasteiger partial charge is 0.497 e. The summed E-state index contributed by atoms with van der Waals surface area (Å²) in [6.07, 6.45) is 0.530. The maximum Gasteiger partial charge on any atom is 0.126 e. The third-order valence-electron chi connectivity index (χ3n) is 5.46. The zero-order chi connectivity index (χ0) is 19.8. The van der Waals surface area contributed by atoms with Crippen molar-refractivity contribution in [1.29, 1.82) is 0 Å². The second-order valence-electron chi connectivity index (χ2n) is 7.43. The van der Waals surface area contributed by atoms with Gasteiger partial charge in [0.05, 0.1) is 46.0 Å². The third-order valence-corrected chi connectivity index (χ3v) is 5.46. The molecule has 28 heavy (non-hydrogen) atoms. The molecule has 2 aromatic carbocycles. The van der Waals surface area contributed by atoms with Gasteiger partial charge in [0.2, 0.25) is 0 Å². The van der Waals surface area contributed by atoms with Crippen LogP contribution >= 0.6 is 0 Å². The topological polar surface area (TPSA) is 46.4 Å². The van der Waals surface area contributed by atoms with Crippen molar-refractivity contribution in [3.8, 4) is 5.75 Å². The Hall–Kier alpha value is -2.08. The molecule has 5 heteroatoms. The number of hydrogen-bond donors (Lipinski definition) is 2. The first-order valence-electron chi connectivity index (χ1n) is 10.3. The van der Waals surface area contributed by atoms with Crippen LogP contribution in [0.25, 0.3) is 0 Å². The standard InChI is InChI=1S/C23H32N2O3/c1-3-23(19-7-5-4-6-8-19)28-18-21(26)17-24-13-15-25(16-14-24)20-9-11-22(27-2)12-10-20/h4-12,21,23,26H,3,13-18H2,1-2H3/p+1/t21-,23+/m1/s1. The van der Waals surface area contributed by atoms with E-state index in [1.165, 1.54) is 16.2 Å². The first-order chi connectivity index (χ1) is 13.7. The summed E-state index contributed by atoms with van der Waals surface area (Å²) in [6.45, 7) is 7.29. The van der Waals surface area contributed by atoms with Crippen LogP contribution in [0, 0.1) is 0 Å². The van der Waals surface area contributed by atoms with Crippen molar-refractivity contribution in [2.45, 2.75) is 25.6 Å². The minimum Gasteiger partial charge on any atom is -0.497 e. The number of aliphatic hydroxyl groups excluding tert-OH is 1. The van der Waals surface area contributed by atoms with Crippen LogP contribution in [0.5, 0.6) is 5.75 Å². The molecule has 0 saturated carbocycles. The van der Waals surface area contributed by atoms with E-state index >= 15 is 0 Å². The number of nitrogens with zero attached hydrogens (tertiary/aromatic N) is 1. The first-order valence-corrected chi connectivity index (χ1v) is 10.3. The Bertz CT molecular complexity index is 685. The number of aliphatic hydroxyl groups is 1. The van der Waals surface area contributed by atoms with Crippen molar-refractivity contribution < 1.29 is 19.5 Å². The SMILES string of the molecule is CC[C@H](OC[C@H](O)C[NH+]1CCN(c2ccc(OC)cc2)CC1)c1ccccc1. The highest BCUT2D eigenvalue weighted by Gasteiger charge is 2.23. The third kappa shape index (κ3) is 5.71. The molecule has 0 unspecified atom stereocenters. The van der Waals surface area contributed by atoms with Gasteiger partial charge in [0.15, 0.2) is 0 Å². The molecule has 2 atom stereocenters. The number of rotatable bonds is 9. The van der Waals surface area contributed by atoms with Crippen molar-refractivity contribution in [2.24, 2.45) is 0 Å². The first kappa shape index (κ1) is 20.6. The average Bonchev–Trinajstić information content (AvgIpc) is 2.75. The number of hydrogen-bond acceptors (Lipinski definition) is 4. The Morgan fingerprint density at radius 2 is 1.71 bits per heavy atom. The van der Waals surface area contributed by atoms with E-state index in [4.69, 9.17) is 9.47 Å². The molecule has 2 aromatic rings. The fourth-order valence-corrected chi connectivity index (χ4v) is 3.82. The van der Waals surface area contributed by atoms with Crippen molar-refractivity contribution >= 4 is 5.69 Å². The minimum atomic E-state index is -0.430. The van der Waals surface area contributed by atoms with E-state index < -0.39 is 6.10 Å². The van der Waals surface area contributed by atoms with Gasteiger partial charge in [-0.3, -0.25) is 0 Å². The van der Waals surface area contributed by atoms with Crippen LogP contribution in [0.2, 0.25) is 0 Å². The van der Waals surface area contributed by atoms with Gasteiger partial charge in [-0.2, -0.15) is 0 Å². The summed E-state index contributed by atoms with van der Waals surface area (Å²) < 4.78 is 11.2. The number of quaternary nitrogens is 1. The maximum atomic E-state index is 10.5. The van der Waals surface area contributed by atoms with Gasteiger partial charge in [0.1, 0.15) is 18.4 Å². The molecule has 1 fully saturated rings. The summed E-state index contributed by atoms with van der Waals surface area (Å²) in [6, 6.07) is 18.5. The van der Waals surface area contributed by atoms with Crippen LogP contribution in [-0.4, -0.2) is 57.7 Å². The van der Waals surface area contributed by atoms with E-state index in [0.29, 0.717) is 6.61 Å². The minimum absolute atomic E-state index is 0.0535. The maximum absolute atomic E-state index is 10.5. The number of nitrogens with one attached hydrogen (secondary N) is 1. The van der Waals surface area contributed by atoms with Crippen LogP contribution < -0.4 is 14.5 Å². The van der Waals surface area contributed by atoms with Gasteiger partial charge in [-0.25, -0.2) is 0 Å². The lowest BCUT2D eigenvalue weighted by atomic mass is 10.1. The van der Waals surface area contributed by atoms with E-state index in [1.54, 1.807) is 7.11 Å². The van der Waals surface area contributed by atoms with Crippen molar-refractivity contribution in [3.05, 3.63) is 60.2 Å². The fourth-order valence-electron chi connectivity index (χ4n) is 3.82. The van der Waals surface area contributed by atoms with Gasteiger partial charge < -0.3 is 24.4 Å². The fraction of sp³-hybridized carbons (Fsp3) is 0.478. The second-order valence-corrected chi connectivity index (χ2v) is 7.43. The van der Waals surface area contributed by atoms with Gasteiger partial charge in [-0.1, -0.05) is 37.3 Å². The molecule has 0 bridgehead atoms. The second kappa shape index (κ2) is 10.5. The molecule has 1 aliphatic rings. The Labute approximate surface area is 168 Å². The average molecular weight is 386 g/mol. The molecule has 0 aliphatic carbocycles. The molecule has 0 spiro atoms. The number of ether oxygens (including phenoxy) is 2. The molecule has 3 rings (SSSR count). The lowest BCUT2D eigenvalue weighted by Gasteiger charge is -2.34. The zero-order valence-electron chi connectivity index (χ0n) is 17.0. The quantitative estimate of drug-likeness (QED) is 0.693. The Balaban J connectivity index is 1.41. The lowest BCUT2D eigenvalue weighted by molar-refractivity contribution is -0.903. The molecular weight excluding hydrogens is 352 g/mol. The molecule has 1 saturated heterocycles. The number of anilines is 1. The summed E-state index contributed by atoms with van der Waals surface area (Å²) in [5.74, 6) is 0.886. The van der Waals surface area contributed by atoms with E-state index in [1.807, 2.05) is 30.3 Å². The Kier molecular flexibility index (Phi) is 7.71. The molecule has 1 aliphatic heterocycles. The molecular formula is C23H33N2O3+. The van der Waals surface area contributed by atoms with Gasteiger partial charge in [-0.15, -0.1) is 0 Å². The highest BCUT2D eigenvalue weighted by molar-refractivity contribution is 5.49. The summed E-state index contributed by atoms with van der Waals surface area (Å²) >= 11 is 0. The Morgan fingerprint density at radius 1 is 1.04 bits per heavy atom. The number of benzene rings is 2. The number of piperazine rings is 1. The predicted molar refractivity (Wildman–Crippen MR) is 112 cm³/mol. The molecule has 5 nitrogen and oxygen atoms in total. The highest BCUT2D eigenvalue weighted by atomic mass is 16.5. The summed E-state index contributed by atoms with van der Waals surface area (Å²) in [4.78, 5) is 3.84. The normalized spacial score (nSPS) is 17.3. The predicted octanol–water partition coefficient (Wildman–Crippen LogP) is 1.93. The molecule has 0 aromatic heterocycles. The number of methoxy groups -OCH3 is 1. The molecule has 1 heterocycles. The van der Waals surface area contributed by atoms with Crippen LogP contribution in [0.15, 0.2) is 54.6 Å². The van der Waals surface area contributed by atoms with Crippen molar-refractivity contribution in [1.82, 2.24) is 0 Å². The van der Waals surface area contributed by atoms with Gasteiger partial charge in [0.25, 0.3) is 0 Å². The smallest absolute Gasteiger partial charge is 0.126 e. The monoisotopic (exact) mass is 385 g/mol. The summed E-state index contributed by atoms with van der Waals surface area (Å²) in [7, 11) is 1.69. The van der Waals surface area contributed by atoms with E-state index in [2.05, 4.69) is 36.1 Å². The van der Waals surface area contributed by atoms with Gasteiger partial charge >= 0.3 is 0 Å². The van der Waals surface area contributed by atoms with Gasteiger partial charge in [-0.05, 0) is 36.2 Å². The van der Waals surface area contributed by atoms with Crippen LogP contribution in [0.1, 0.15) is 25.0 Å². The van der Waals surface area contributed by atoms with Crippen molar-refractivity contribution in [3.63, 3.8) is 0 Å². The summed E-state index contributed by atoms with van der Waals surface area (Å²) in [5.41, 5.74) is 2.41. The Morgan fingerprint density at radius 3 is 2.32 bits per heavy atom. The van der Waals surface area contributed by atoms with E-state index in [0.717, 1.165) is 44.9 Å². The van der Waals surface area contributed by atoms with E-state index in [9.17, 15) is 5.11 Å².